The highest BCUT2D eigenvalue weighted by molar-refractivity contribution is 5.93. The van der Waals surface area contributed by atoms with Gasteiger partial charge in [0.25, 0.3) is 5.91 Å². The molecular formula is C14H18F3N3O. The van der Waals surface area contributed by atoms with Crippen LogP contribution in [0.2, 0.25) is 0 Å². The third-order valence-electron chi connectivity index (χ3n) is 3.64. The van der Waals surface area contributed by atoms with Gasteiger partial charge in [0.15, 0.2) is 0 Å². The summed E-state index contributed by atoms with van der Waals surface area (Å²) in [7, 11) is 1.67. The normalized spacial score (nSPS) is 16.8. The van der Waals surface area contributed by atoms with E-state index in [2.05, 4.69) is 10.3 Å². The fourth-order valence-corrected chi connectivity index (χ4v) is 2.44. The highest BCUT2D eigenvalue weighted by Crippen LogP contribution is 2.27. The predicted octanol–water partition coefficient (Wildman–Crippen LogP) is 2.17. The Labute approximate surface area is 121 Å². The molecule has 0 aliphatic carbocycles. The number of pyridine rings is 1. The van der Waals surface area contributed by atoms with Crippen LogP contribution in [0, 0.1) is 5.92 Å². The summed E-state index contributed by atoms with van der Waals surface area (Å²) in [6.07, 6.45) is -1.49. The molecule has 1 aromatic rings. The maximum Gasteiger partial charge on any atom is 0.433 e. The molecule has 4 nitrogen and oxygen atoms in total. The summed E-state index contributed by atoms with van der Waals surface area (Å²) in [5.41, 5.74) is -0.806. The van der Waals surface area contributed by atoms with Crippen LogP contribution in [0.15, 0.2) is 18.3 Å². The maximum atomic E-state index is 12.4. The molecule has 1 aromatic heterocycles. The molecule has 2 rings (SSSR count). The molecule has 21 heavy (non-hydrogen) atoms. The molecule has 1 saturated heterocycles. The number of hydrogen-bond donors (Lipinski definition) is 1. The Kier molecular flexibility index (Phi) is 4.82. The second-order valence-electron chi connectivity index (χ2n) is 5.31. The van der Waals surface area contributed by atoms with Crippen LogP contribution in [-0.4, -0.2) is 42.5 Å². The average molecular weight is 301 g/mol. The number of nitrogens with zero attached hydrogens (tertiary/aromatic N) is 2. The van der Waals surface area contributed by atoms with E-state index in [-0.39, 0.29) is 11.5 Å². The van der Waals surface area contributed by atoms with Gasteiger partial charge >= 0.3 is 6.18 Å². The number of amides is 1. The molecule has 1 fully saturated rings. The molecule has 1 N–H and O–H groups in total. The van der Waals surface area contributed by atoms with E-state index in [1.807, 2.05) is 0 Å². The van der Waals surface area contributed by atoms with Crippen LogP contribution in [0.4, 0.5) is 13.2 Å². The van der Waals surface area contributed by atoms with E-state index in [0.29, 0.717) is 12.5 Å². The first kappa shape index (κ1) is 15.8. The van der Waals surface area contributed by atoms with Crippen molar-refractivity contribution in [3.63, 3.8) is 0 Å². The van der Waals surface area contributed by atoms with Gasteiger partial charge in [0, 0.05) is 19.8 Å². The van der Waals surface area contributed by atoms with Gasteiger partial charge in [-0.1, -0.05) is 0 Å². The molecule has 1 aliphatic rings. The first-order chi connectivity index (χ1) is 9.88. The zero-order valence-corrected chi connectivity index (χ0v) is 11.8. The molecule has 2 heterocycles. The lowest BCUT2D eigenvalue weighted by Crippen LogP contribution is -2.37. The van der Waals surface area contributed by atoms with Crippen LogP contribution in [-0.2, 0) is 6.18 Å². The van der Waals surface area contributed by atoms with Crippen molar-refractivity contribution in [2.75, 3.05) is 26.7 Å². The number of rotatable bonds is 3. The number of halogens is 3. The highest BCUT2D eigenvalue weighted by Gasteiger charge is 2.32. The van der Waals surface area contributed by atoms with Crippen molar-refractivity contribution < 1.29 is 18.0 Å². The zero-order chi connectivity index (χ0) is 15.5. The Morgan fingerprint density at radius 1 is 1.38 bits per heavy atom. The van der Waals surface area contributed by atoms with Gasteiger partial charge in [-0.15, -0.1) is 0 Å². The van der Waals surface area contributed by atoms with Crippen LogP contribution in [0.5, 0.6) is 0 Å². The molecule has 0 spiro atoms. The SMILES string of the molecule is CN(CC1CCNCC1)C(=O)c1ccc(C(F)(F)F)nc1. The topological polar surface area (TPSA) is 45.2 Å². The summed E-state index contributed by atoms with van der Waals surface area (Å²) in [6, 6.07) is 2.02. The van der Waals surface area contributed by atoms with E-state index in [9.17, 15) is 18.0 Å². The first-order valence-corrected chi connectivity index (χ1v) is 6.87. The van der Waals surface area contributed by atoms with Gasteiger partial charge in [-0.3, -0.25) is 9.78 Å². The van der Waals surface area contributed by atoms with E-state index < -0.39 is 11.9 Å². The first-order valence-electron chi connectivity index (χ1n) is 6.87. The summed E-state index contributed by atoms with van der Waals surface area (Å²) in [4.78, 5) is 17.0. The van der Waals surface area contributed by atoms with Crippen LogP contribution in [0.3, 0.4) is 0 Å². The molecule has 7 heteroatoms. The lowest BCUT2D eigenvalue weighted by atomic mass is 9.97. The minimum Gasteiger partial charge on any atom is -0.341 e. The zero-order valence-electron chi connectivity index (χ0n) is 11.8. The maximum absolute atomic E-state index is 12.4. The minimum atomic E-state index is -4.48. The van der Waals surface area contributed by atoms with Crippen LogP contribution in [0.1, 0.15) is 28.9 Å². The number of nitrogens with one attached hydrogen (secondary N) is 1. The van der Waals surface area contributed by atoms with Gasteiger partial charge in [-0.05, 0) is 44.0 Å². The van der Waals surface area contributed by atoms with E-state index in [1.54, 1.807) is 11.9 Å². The largest absolute Gasteiger partial charge is 0.433 e. The lowest BCUT2D eigenvalue weighted by molar-refractivity contribution is -0.141. The van der Waals surface area contributed by atoms with E-state index in [0.717, 1.165) is 38.2 Å². The smallest absolute Gasteiger partial charge is 0.341 e. The summed E-state index contributed by atoms with van der Waals surface area (Å²) in [6.45, 7) is 2.49. The molecule has 0 bridgehead atoms. The van der Waals surface area contributed by atoms with Crippen LogP contribution in [0.25, 0.3) is 0 Å². The summed E-state index contributed by atoms with van der Waals surface area (Å²) < 4.78 is 37.3. The Balaban J connectivity index is 1.98. The minimum absolute atomic E-state index is 0.180. The Bertz CT molecular complexity index is 481. The number of carbonyl (C=O) groups excluding carboxylic acids is 1. The van der Waals surface area contributed by atoms with Gasteiger partial charge in [-0.25, -0.2) is 0 Å². The summed E-state index contributed by atoms with van der Waals surface area (Å²) >= 11 is 0. The molecule has 0 saturated carbocycles. The number of carbonyl (C=O) groups is 1. The van der Waals surface area contributed by atoms with E-state index in [4.69, 9.17) is 0 Å². The molecule has 0 unspecified atom stereocenters. The quantitative estimate of drug-likeness (QED) is 0.930. The monoisotopic (exact) mass is 301 g/mol. The Hall–Kier alpha value is -1.63. The molecular weight excluding hydrogens is 283 g/mol. The van der Waals surface area contributed by atoms with Gasteiger partial charge in [0.1, 0.15) is 5.69 Å². The third kappa shape index (κ3) is 4.17. The molecule has 1 aliphatic heterocycles. The third-order valence-corrected chi connectivity index (χ3v) is 3.64. The number of aromatic nitrogens is 1. The second-order valence-corrected chi connectivity index (χ2v) is 5.31. The molecule has 1 amide bonds. The van der Waals surface area contributed by atoms with Crippen molar-refractivity contribution >= 4 is 5.91 Å². The van der Waals surface area contributed by atoms with Crippen molar-refractivity contribution in [2.45, 2.75) is 19.0 Å². The van der Waals surface area contributed by atoms with E-state index >= 15 is 0 Å². The molecule has 0 aromatic carbocycles. The Morgan fingerprint density at radius 3 is 2.57 bits per heavy atom. The second kappa shape index (κ2) is 6.43. The summed E-state index contributed by atoms with van der Waals surface area (Å²) in [5, 5.41) is 3.25. The number of piperidine rings is 1. The fourth-order valence-electron chi connectivity index (χ4n) is 2.44. The molecule has 0 atom stereocenters. The number of hydrogen-bond acceptors (Lipinski definition) is 3. The average Bonchev–Trinajstić information content (AvgIpc) is 2.46. The fraction of sp³-hybridized carbons (Fsp3) is 0.571. The van der Waals surface area contributed by atoms with Crippen molar-refractivity contribution in [1.29, 1.82) is 0 Å². The van der Waals surface area contributed by atoms with Gasteiger partial charge < -0.3 is 10.2 Å². The van der Waals surface area contributed by atoms with Crippen LogP contribution < -0.4 is 5.32 Å². The number of alkyl halides is 3. The standard InChI is InChI=1S/C14H18F3N3O/c1-20(9-10-4-6-18-7-5-10)13(21)11-2-3-12(19-8-11)14(15,16)17/h2-3,8,10,18H,4-7,9H2,1H3. The van der Waals surface area contributed by atoms with E-state index in [1.165, 1.54) is 6.07 Å². The van der Waals surface area contributed by atoms with Crippen molar-refractivity contribution in [3.8, 4) is 0 Å². The van der Waals surface area contributed by atoms with Crippen molar-refractivity contribution in [1.82, 2.24) is 15.2 Å². The van der Waals surface area contributed by atoms with Crippen molar-refractivity contribution in [2.24, 2.45) is 5.92 Å². The summed E-state index contributed by atoms with van der Waals surface area (Å²) in [5.74, 6) is 0.136. The van der Waals surface area contributed by atoms with Crippen LogP contribution >= 0.6 is 0 Å². The lowest BCUT2D eigenvalue weighted by Gasteiger charge is -2.27. The molecule has 116 valence electrons. The molecule has 0 radical (unpaired) electrons. The highest BCUT2D eigenvalue weighted by atomic mass is 19.4. The van der Waals surface area contributed by atoms with Gasteiger partial charge in [-0.2, -0.15) is 13.2 Å². The Morgan fingerprint density at radius 2 is 2.05 bits per heavy atom. The predicted molar refractivity (Wildman–Crippen MR) is 71.8 cm³/mol. The van der Waals surface area contributed by atoms with Crippen molar-refractivity contribution in [3.05, 3.63) is 29.6 Å². The van der Waals surface area contributed by atoms with Gasteiger partial charge in [0.05, 0.1) is 5.56 Å². The van der Waals surface area contributed by atoms with Gasteiger partial charge in [0.2, 0.25) is 0 Å².